The molecule has 0 saturated carbocycles. The van der Waals surface area contributed by atoms with Crippen molar-refractivity contribution >= 4 is 22.6 Å². The second kappa shape index (κ2) is 5.97. The lowest BCUT2D eigenvalue weighted by Crippen LogP contribution is -2.48. The van der Waals surface area contributed by atoms with Gasteiger partial charge in [0, 0.05) is 37.0 Å². The normalized spacial score (nSPS) is 16.9. The lowest BCUT2D eigenvalue weighted by atomic mass is 9.96. The molecule has 0 N–H and O–H groups in total. The van der Waals surface area contributed by atoms with Crippen LogP contribution in [0.1, 0.15) is 23.5 Å². The van der Waals surface area contributed by atoms with Gasteiger partial charge in [0.15, 0.2) is 0 Å². The van der Waals surface area contributed by atoms with Gasteiger partial charge in [0.1, 0.15) is 12.2 Å². The van der Waals surface area contributed by atoms with Crippen LogP contribution in [-0.4, -0.2) is 50.3 Å². The third kappa shape index (κ3) is 2.68. The van der Waals surface area contributed by atoms with E-state index in [-0.39, 0.29) is 5.91 Å². The van der Waals surface area contributed by atoms with Gasteiger partial charge in [0.05, 0.1) is 31.5 Å². The summed E-state index contributed by atoms with van der Waals surface area (Å²) in [6.07, 6.45) is 2.12. The molecule has 2 aromatic rings. The highest BCUT2D eigenvalue weighted by molar-refractivity contribution is 7.09. The van der Waals surface area contributed by atoms with Crippen molar-refractivity contribution in [1.29, 1.82) is 0 Å². The fraction of sp³-hybridized carbons (Fsp3) is 0.533. The maximum atomic E-state index is 12.6. The Morgan fingerprint density at radius 2 is 2.21 bits per heavy atom. The first kappa shape index (κ1) is 15.3. The molecule has 0 bridgehead atoms. The first-order valence-corrected chi connectivity index (χ1v) is 8.61. The van der Waals surface area contributed by atoms with Crippen LogP contribution in [-0.2, 0) is 17.9 Å². The molecule has 0 aromatic carbocycles. The molecular weight excluding hydrogens is 328 g/mol. The number of carbonyl (C=O) groups excluding carboxylic acids is 1. The molecule has 4 heterocycles. The molecule has 0 atom stereocenters. The summed E-state index contributed by atoms with van der Waals surface area (Å²) < 4.78 is 9.34. The largest absolute Gasteiger partial charge is 0.481 e. The topological polar surface area (TPSA) is 84.3 Å². The van der Waals surface area contributed by atoms with Crippen molar-refractivity contribution in [3.05, 3.63) is 23.4 Å². The summed E-state index contributed by atoms with van der Waals surface area (Å²) >= 11 is 1.39. The zero-order chi connectivity index (χ0) is 16.7. The minimum atomic E-state index is 0.162. The molecular formula is C15H18N6O2S. The first-order valence-electron chi connectivity index (χ1n) is 7.84. The highest BCUT2D eigenvalue weighted by atomic mass is 32.1. The molecule has 24 heavy (non-hydrogen) atoms. The van der Waals surface area contributed by atoms with Gasteiger partial charge >= 0.3 is 0 Å². The van der Waals surface area contributed by atoms with Gasteiger partial charge in [-0.25, -0.2) is 9.97 Å². The van der Waals surface area contributed by atoms with E-state index >= 15 is 0 Å². The standard InChI is InChI=1S/C15H18N6O2S/c1-9-18-12-7-20(6-11(12)14(19-9)23-2)13(22)3-10-4-21(5-10)15-16-8-17-24-15/h8,10H,3-7H2,1-2H3. The molecule has 0 aliphatic carbocycles. The number of rotatable bonds is 4. The summed E-state index contributed by atoms with van der Waals surface area (Å²) in [4.78, 5) is 29.5. The van der Waals surface area contributed by atoms with Crippen molar-refractivity contribution in [1.82, 2.24) is 24.2 Å². The summed E-state index contributed by atoms with van der Waals surface area (Å²) in [5, 5.41) is 0.933. The van der Waals surface area contributed by atoms with Crippen molar-refractivity contribution in [2.45, 2.75) is 26.4 Å². The third-order valence-corrected chi connectivity index (χ3v) is 5.17. The fourth-order valence-corrected chi connectivity index (χ4v) is 3.77. The number of methoxy groups -OCH3 is 1. The van der Waals surface area contributed by atoms with E-state index in [1.54, 1.807) is 13.4 Å². The Kier molecular flexibility index (Phi) is 3.79. The molecule has 1 saturated heterocycles. The maximum Gasteiger partial charge on any atom is 0.223 e. The lowest BCUT2D eigenvalue weighted by Gasteiger charge is -2.39. The molecule has 0 unspecified atom stereocenters. The van der Waals surface area contributed by atoms with E-state index in [0.717, 1.165) is 29.5 Å². The van der Waals surface area contributed by atoms with E-state index in [4.69, 9.17) is 4.74 Å². The zero-order valence-corrected chi connectivity index (χ0v) is 14.4. The molecule has 0 radical (unpaired) electrons. The van der Waals surface area contributed by atoms with Crippen LogP contribution in [0.4, 0.5) is 5.13 Å². The smallest absolute Gasteiger partial charge is 0.223 e. The van der Waals surface area contributed by atoms with Crippen molar-refractivity contribution in [2.75, 3.05) is 25.1 Å². The molecule has 2 aliphatic heterocycles. The van der Waals surface area contributed by atoms with E-state index in [1.165, 1.54) is 11.5 Å². The average molecular weight is 346 g/mol. The molecule has 1 fully saturated rings. The van der Waals surface area contributed by atoms with Gasteiger partial charge in [-0.3, -0.25) is 4.79 Å². The van der Waals surface area contributed by atoms with Crippen molar-refractivity contribution in [3.63, 3.8) is 0 Å². The Hall–Kier alpha value is -2.29. The van der Waals surface area contributed by atoms with Gasteiger partial charge in [-0.2, -0.15) is 9.36 Å². The number of fused-ring (bicyclic) bond motifs is 1. The van der Waals surface area contributed by atoms with E-state index in [2.05, 4.69) is 24.2 Å². The van der Waals surface area contributed by atoms with E-state index in [0.29, 0.717) is 37.1 Å². The third-order valence-electron chi connectivity index (χ3n) is 4.44. The number of amides is 1. The highest BCUT2D eigenvalue weighted by Gasteiger charge is 2.34. The van der Waals surface area contributed by atoms with Crippen LogP contribution in [0, 0.1) is 12.8 Å². The number of anilines is 1. The minimum Gasteiger partial charge on any atom is -0.481 e. The van der Waals surface area contributed by atoms with Crippen LogP contribution in [0.5, 0.6) is 5.88 Å². The molecule has 1 amide bonds. The number of aryl methyl sites for hydroxylation is 1. The Labute approximate surface area is 143 Å². The maximum absolute atomic E-state index is 12.6. The summed E-state index contributed by atoms with van der Waals surface area (Å²) in [6, 6.07) is 0. The summed E-state index contributed by atoms with van der Waals surface area (Å²) in [6.45, 7) is 4.64. The van der Waals surface area contributed by atoms with Crippen molar-refractivity contribution < 1.29 is 9.53 Å². The van der Waals surface area contributed by atoms with Gasteiger partial charge in [-0.15, -0.1) is 0 Å². The number of ether oxygens (including phenoxy) is 1. The molecule has 2 aliphatic rings. The number of hydrogen-bond donors (Lipinski definition) is 0. The van der Waals surface area contributed by atoms with Gasteiger partial charge in [0.2, 0.25) is 16.9 Å². The molecule has 0 spiro atoms. The Balaban J connectivity index is 1.35. The molecule has 2 aromatic heterocycles. The molecule has 9 heteroatoms. The molecule has 126 valence electrons. The Bertz CT molecular complexity index is 760. The van der Waals surface area contributed by atoms with Crippen LogP contribution in [0.25, 0.3) is 0 Å². The molecule has 4 rings (SSSR count). The number of nitrogens with zero attached hydrogens (tertiary/aromatic N) is 6. The van der Waals surface area contributed by atoms with E-state index in [9.17, 15) is 4.79 Å². The Morgan fingerprint density at radius 3 is 2.92 bits per heavy atom. The number of hydrogen-bond acceptors (Lipinski definition) is 8. The number of aromatic nitrogens is 4. The van der Waals surface area contributed by atoms with Crippen molar-refractivity contribution in [3.8, 4) is 5.88 Å². The van der Waals surface area contributed by atoms with Gasteiger partial charge < -0.3 is 14.5 Å². The van der Waals surface area contributed by atoms with Crippen LogP contribution < -0.4 is 9.64 Å². The highest BCUT2D eigenvalue weighted by Crippen LogP contribution is 2.31. The SMILES string of the molecule is COc1nc(C)nc2c1CN(C(=O)CC1CN(c3ncns3)C1)C2. The van der Waals surface area contributed by atoms with Crippen molar-refractivity contribution in [2.24, 2.45) is 5.92 Å². The quantitative estimate of drug-likeness (QED) is 0.817. The predicted octanol–water partition coefficient (Wildman–Crippen LogP) is 1.01. The number of carbonyl (C=O) groups is 1. The zero-order valence-electron chi connectivity index (χ0n) is 13.6. The Morgan fingerprint density at radius 1 is 1.38 bits per heavy atom. The summed E-state index contributed by atoms with van der Waals surface area (Å²) in [7, 11) is 1.60. The van der Waals surface area contributed by atoms with Crippen LogP contribution >= 0.6 is 11.5 Å². The summed E-state index contributed by atoms with van der Waals surface area (Å²) in [5.74, 6) is 1.79. The van der Waals surface area contributed by atoms with Crippen LogP contribution in [0.2, 0.25) is 0 Å². The van der Waals surface area contributed by atoms with Gasteiger partial charge in [-0.05, 0) is 6.92 Å². The summed E-state index contributed by atoms with van der Waals surface area (Å²) in [5.41, 5.74) is 1.83. The predicted molar refractivity (Wildman–Crippen MR) is 87.8 cm³/mol. The van der Waals surface area contributed by atoms with Gasteiger partial charge in [0.25, 0.3) is 0 Å². The first-order chi connectivity index (χ1) is 11.6. The second-order valence-electron chi connectivity index (χ2n) is 6.15. The second-order valence-corrected chi connectivity index (χ2v) is 6.91. The van der Waals surface area contributed by atoms with Gasteiger partial charge in [-0.1, -0.05) is 0 Å². The van der Waals surface area contributed by atoms with Crippen LogP contribution in [0.3, 0.4) is 0 Å². The van der Waals surface area contributed by atoms with E-state index < -0.39 is 0 Å². The van der Waals surface area contributed by atoms with E-state index in [1.807, 2.05) is 11.8 Å². The average Bonchev–Trinajstić information content (AvgIpc) is 3.18. The fourth-order valence-electron chi connectivity index (χ4n) is 3.23. The van der Waals surface area contributed by atoms with Crippen LogP contribution in [0.15, 0.2) is 6.33 Å². The minimum absolute atomic E-state index is 0.162. The molecule has 8 nitrogen and oxygen atoms in total. The lowest BCUT2D eigenvalue weighted by molar-refractivity contribution is -0.133. The monoisotopic (exact) mass is 346 g/mol.